The number of rotatable bonds is 11. The summed E-state index contributed by atoms with van der Waals surface area (Å²) in [4.78, 5) is 44.4. The van der Waals surface area contributed by atoms with Crippen LogP contribution in [0.25, 0.3) is 0 Å². The number of carboxylic acid groups (broad SMARTS) is 4. The van der Waals surface area contributed by atoms with Crippen molar-refractivity contribution in [3.63, 3.8) is 0 Å². The van der Waals surface area contributed by atoms with Crippen LogP contribution in [0.1, 0.15) is 0 Å². The molecule has 0 unspecified atom stereocenters. The van der Waals surface area contributed by atoms with Gasteiger partial charge >= 0.3 is 23.9 Å². The average molecular weight is 331 g/mol. The topological polar surface area (TPSA) is 156 Å². The van der Waals surface area contributed by atoms with Crippen LogP contribution < -0.4 is 0 Å². The second-order valence-electron chi connectivity index (χ2n) is 4.00. The van der Waals surface area contributed by atoms with Crippen LogP contribution in [0.5, 0.6) is 0 Å². The largest absolute Gasteiger partial charge is 0.480 e. The summed E-state index contributed by atoms with van der Waals surface area (Å²) in [6, 6.07) is 0. The zero-order valence-corrected chi connectivity index (χ0v) is 14.7. The molecular weight excluding hydrogens is 315 g/mol. The predicted octanol–water partition coefficient (Wildman–Crippen LogP) is -2.45. The van der Waals surface area contributed by atoms with Gasteiger partial charge in [0.25, 0.3) is 0 Å². The van der Waals surface area contributed by atoms with E-state index in [1.807, 2.05) is 0 Å². The van der Waals surface area contributed by atoms with Crippen molar-refractivity contribution in [3.8, 4) is 0 Å². The fourth-order valence-corrected chi connectivity index (χ4v) is 1.48. The van der Waals surface area contributed by atoms with E-state index in [4.69, 9.17) is 20.4 Å². The van der Waals surface area contributed by atoms with E-state index in [0.29, 0.717) is 0 Å². The molecule has 21 heavy (non-hydrogen) atoms. The minimum Gasteiger partial charge on any atom is -0.480 e. The second-order valence-corrected chi connectivity index (χ2v) is 4.00. The van der Waals surface area contributed by atoms with E-state index in [1.54, 1.807) is 0 Å². The van der Waals surface area contributed by atoms with Gasteiger partial charge in [-0.1, -0.05) is 0 Å². The standard InChI is InChI=1S/C10H16N2O8.K/c13-7(14)3-11(4-8(15)16)1-2-12(5-9(17)18)6-10(19)20;/h1-6H2,(H,13,14)(H,15,16)(H,17,18)(H,19,20);. The van der Waals surface area contributed by atoms with Crippen molar-refractivity contribution in [1.29, 1.82) is 0 Å². The van der Waals surface area contributed by atoms with E-state index >= 15 is 0 Å². The van der Waals surface area contributed by atoms with Crippen LogP contribution in [-0.2, 0) is 19.2 Å². The molecule has 0 heterocycles. The van der Waals surface area contributed by atoms with E-state index in [0.717, 1.165) is 9.80 Å². The van der Waals surface area contributed by atoms with Gasteiger partial charge in [0.15, 0.2) is 0 Å². The minimum absolute atomic E-state index is 0. The van der Waals surface area contributed by atoms with Crippen LogP contribution in [0.3, 0.4) is 0 Å². The molecule has 0 aliphatic heterocycles. The summed E-state index contributed by atoms with van der Waals surface area (Å²) in [7, 11) is 0. The van der Waals surface area contributed by atoms with E-state index in [-0.39, 0.29) is 64.5 Å². The van der Waals surface area contributed by atoms with Crippen LogP contribution in [0.15, 0.2) is 0 Å². The second kappa shape index (κ2) is 12.0. The molecule has 0 aromatic rings. The molecule has 0 bridgehead atoms. The molecule has 0 rings (SSSR count). The van der Waals surface area contributed by atoms with Crippen molar-refractivity contribution < 1.29 is 39.6 Å². The molecule has 0 aromatic heterocycles. The number of nitrogens with zero attached hydrogens (tertiary/aromatic N) is 2. The summed E-state index contributed by atoms with van der Waals surface area (Å²) in [5, 5.41) is 34.5. The van der Waals surface area contributed by atoms with E-state index in [1.165, 1.54) is 0 Å². The van der Waals surface area contributed by atoms with Crippen molar-refractivity contribution in [1.82, 2.24) is 9.80 Å². The van der Waals surface area contributed by atoms with Gasteiger partial charge in [-0.15, -0.1) is 0 Å². The Morgan fingerprint density at radius 3 is 0.905 bits per heavy atom. The van der Waals surface area contributed by atoms with Crippen molar-refractivity contribution in [2.24, 2.45) is 0 Å². The maximum atomic E-state index is 10.6. The van der Waals surface area contributed by atoms with Gasteiger partial charge in [0.1, 0.15) is 0 Å². The quantitative estimate of drug-likeness (QED) is 0.300. The van der Waals surface area contributed by atoms with Crippen LogP contribution >= 0.6 is 0 Å². The number of hydrogen-bond acceptors (Lipinski definition) is 6. The molecule has 10 nitrogen and oxygen atoms in total. The fraction of sp³-hybridized carbons (Fsp3) is 0.600. The van der Waals surface area contributed by atoms with Crippen LogP contribution in [0, 0.1) is 0 Å². The molecule has 0 saturated carbocycles. The number of hydrogen-bond donors (Lipinski definition) is 4. The molecule has 0 aliphatic rings. The normalized spacial score (nSPS) is 10.2. The van der Waals surface area contributed by atoms with Crippen molar-refractivity contribution >= 4 is 75.3 Å². The minimum atomic E-state index is -1.23. The third kappa shape index (κ3) is 14.1. The molecule has 0 atom stereocenters. The molecule has 1 radical (unpaired) electrons. The van der Waals surface area contributed by atoms with Crippen molar-refractivity contribution in [2.75, 3.05) is 39.3 Å². The van der Waals surface area contributed by atoms with Crippen LogP contribution in [0.4, 0.5) is 0 Å². The molecule has 115 valence electrons. The van der Waals surface area contributed by atoms with E-state index in [9.17, 15) is 19.2 Å². The Kier molecular flexibility index (Phi) is 13.0. The van der Waals surface area contributed by atoms with Gasteiger partial charge < -0.3 is 20.4 Å². The maximum Gasteiger partial charge on any atom is 0.317 e. The zero-order chi connectivity index (χ0) is 15.7. The number of carbonyl (C=O) groups is 4. The Morgan fingerprint density at radius 1 is 0.571 bits per heavy atom. The fourth-order valence-electron chi connectivity index (χ4n) is 1.48. The Morgan fingerprint density at radius 2 is 0.762 bits per heavy atom. The smallest absolute Gasteiger partial charge is 0.317 e. The van der Waals surface area contributed by atoms with Gasteiger partial charge in [-0.2, -0.15) is 0 Å². The van der Waals surface area contributed by atoms with Gasteiger partial charge in [-0.25, -0.2) is 0 Å². The van der Waals surface area contributed by atoms with Gasteiger partial charge in [0, 0.05) is 64.5 Å². The monoisotopic (exact) mass is 331 g/mol. The number of carboxylic acids is 4. The van der Waals surface area contributed by atoms with Gasteiger partial charge in [0.05, 0.1) is 26.2 Å². The van der Waals surface area contributed by atoms with Gasteiger partial charge in [-0.3, -0.25) is 29.0 Å². The van der Waals surface area contributed by atoms with E-state index < -0.39 is 50.1 Å². The number of aliphatic carboxylic acids is 4. The van der Waals surface area contributed by atoms with Crippen molar-refractivity contribution in [2.45, 2.75) is 0 Å². The Bertz CT molecular complexity index is 321. The summed E-state index contributed by atoms with van der Waals surface area (Å²) in [6.45, 7) is -2.25. The van der Waals surface area contributed by atoms with Gasteiger partial charge in [-0.05, 0) is 0 Å². The summed E-state index contributed by atoms with van der Waals surface area (Å²) in [5.41, 5.74) is 0. The molecule has 11 heteroatoms. The molecule has 4 N–H and O–H groups in total. The van der Waals surface area contributed by atoms with Crippen LogP contribution in [-0.4, -0.2) is 145 Å². The third-order valence-electron chi connectivity index (χ3n) is 2.17. The zero-order valence-electron chi connectivity index (χ0n) is 11.6. The summed E-state index contributed by atoms with van der Waals surface area (Å²) >= 11 is 0. The maximum absolute atomic E-state index is 10.6. The molecule has 0 saturated heterocycles. The first-order valence-corrected chi connectivity index (χ1v) is 5.52. The summed E-state index contributed by atoms with van der Waals surface area (Å²) in [5.74, 6) is -4.91. The predicted molar refractivity (Wildman–Crippen MR) is 69.2 cm³/mol. The molecule has 0 amide bonds. The SMILES string of the molecule is O=C(O)CN(CCN(CC(=O)O)CC(=O)O)CC(=O)O.[K]. The average Bonchev–Trinajstić information content (AvgIpc) is 2.22. The Balaban J connectivity index is 0. The first-order valence-electron chi connectivity index (χ1n) is 5.52. The molecule has 0 aliphatic carbocycles. The first-order chi connectivity index (χ1) is 9.20. The molecular formula is C10H16KN2O8. The molecule has 0 aromatic carbocycles. The van der Waals surface area contributed by atoms with Crippen LogP contribution in [0.2, 0.25) is 0 Å². The van der Waals surface area contributed by atoms with Crippen molar-refractivity contribution in [3.05, 3.63) is 0 Å². The Hall–Kier alpha value is -0.564. The summed E-state index contributed by atoms with van der Waals surface area (Å²) < 4.78 is 0. The summed E-state index contributed by atoms with van der Waals surface area (Å²) in [6.07, 6.45) is 0. The Labute approximate surface area is 162 Å². The first kappa shape index (κ1) is 22.7. The molecule has 0 fully saturated rings. The van der Waals surface area contributed by atoms with E-state index in [2.05, 4.69) is 0 Å². The third-order valence-corrected chi connectivity index (χ3v) is 2.17. The molecule has 0 spiro atoms. The van der Waals surface area contributed by atoms with Gasteiger partial charge in [0.2, 0.25) is 0 Å².